The smallest absolute Gasteiger partial charge is 0.230 e. The summed E-state index contributed by atoms with van der Waals surface area (Å²) in [5.74, 6) is 0.978. The molecule has 1 aliphatic heterocycles. The fourth-order valence-corrected chi connectivity index (χ4v) is 3.66. The Balaban J connectivity index is 1.89. The van der Waals surface area contributed by atoms with Crippen molar-refractivity contribution in [2.24, 2.45) is 17.1 Å². The van der Waals surface area contributed by atoms with Crippen LogP contribution in [0.2, 0.25) is 0 Å². The van der Waals surface area contributed by atoms with Gasteiger partial charge in [0.05, 0.1) is 5.41 Å². The molecule has 1 saturated carbocycles. The molecule has 0 aromatic heterocycles. The zero-order valence-corrected chi connectivity index (χ0v) is 12.7. The molecule has 2 rings (SSSR count). The number of nitrogens with zero attached hydrogens (tertiary/aromatic N) is 2. The lowest BCUT2D eigenvalue weighted by Gasteiger charge is -2.48. The summed E-state index contributed by atoms with van der Waals surface area (Å²) >= 11 is 0. The maximum absolute atomic E-state index is 12.7. The topological polar surface area (TPSA) is 49.6 Å². The zero-order chi connectivity index (χ0) is 14.0. The molecule has 0 bridgehead atoms. The van der Waals surface area contributed by atoms with Crippen molar-refractivity contribution in [3.63, 3.8) is 0 Å². The molecule has 2 N–H and O–H groups in total. The van der Waals surface area contributed by atoms with E-state index in [4.69, 9.17) is 5.73 Å². The summed E-state index contributed by atoms with van der Waals surface area (Å²) in [5.41, 5.74) is 5.65. The van der Waals surface area contributed by atoms with Crippen molar-refractivity contribution < 1.29 is 4.79 Å². The number of amides is 1. The first kappa shape index (κ1) is 14.8. The molecule has 0 aromatic rings. The Morgan fingerprint density at radius 2 is 1.89 bits per heavy atom. The van der Waals surface area contributed by atoms with Crippen LogP contribution in [0.1, 0.15) is 40.0 Å². The first-order chi connectivity index (χ1) is 9.02. The van der Waals surface area contributed by atoms with Crippen LogP contribution in [0.25, 0.3) is 0 Å². The van der Waals surface area contributed by atoms with E-state index in [0.29, 0.717) is 24.4 Å². The van der Waals surface area contributed by atoms with Crippen LogP contribution in [0.4, 0.5) is 0 Å². The molecule has 2 fully saturated rings. The van der Waals surface area contributed by atoms with Gasteiger partial charge in [0.15, 0.2) is 0 Å². The SMILES string of the molecule is CCC(C)N1CCN(C(=O)C2(CN)CC(C)C2)CC1. The molecular weight excluding hydrogens is 238 g/mol. The number of nitrogens with two attached hydrogens (primary N) is 1. The average molecular weight is 267 g/mol. The summed E-state index contributed by atoms with van der Waals surface area (Å²) < 4.78 is 0. The minimum atomic E-state index is -0.224. The molecule has 1 atom stereocenters. The van der Waals surface area contributed by atoms with Crippen LogP contribution < -0.4 is 5.73 Å². The van der Waals surface area contributed by atoms with Gasteiger partial charge in [0, 0.05) is 38.8 Å². The van der Waals surface area contributed by atoms with E-state index in [1.807, 2.05) is 0 Å². The number of hydrogen-bond donors (Lipinski definition) is 1. The molecule has 4 heteroatoms. The van der Waals surface area contributed by atoms with E-state index in [-0.39, 0.29) is 5.41 Å². The van der Waals surface area contributed by atoms with Crippen LogP contribution in [0, 0.1) is 11.3 Å². The molecule has 1 saturated heterocycles. The Hall–Kier alpha value is -0.610. The van der Waals surface area contributed by atoms with Gasteiger partial charge in [-0.15, -0.1) is 0 Å². The van der Waals surface area contributed by atoms with Crippen molar-refractivity contribution in [2.45, 2.75) is 46.1 Å². The van der Waals surface area contributed by atoms with E-state index in [1.54, 1.807) is 0 Å². The molecule has 110 valence electrons. The lowest BCUT2D eigenvalue weighted by atomic mass is 9.62. The maximum Gasteiger partial charge on any atom is 0.230 e. The summed E-state index contributed by atoms with van der Waals surface area (Å²) in [6.45, 7) is 11.0. The third-order valence-electron chi connectivity index (χ3n) is 5.14. The highest BCUT2D eigenvalue weighted by Gasteiger charge is 2.49. The predicted molar refractivity (Wildman–Crippen MR) is 77.8 cm³/mol. The third kappa shape index (κ3) is 2.79. The molecule has 0 radical (unpaired) electrons. The number of carbonyl (C=O) groups is 1. The van der Waals surface area contributed by atoms with E-state index in [2.05, 4.69) is 30.6 Å². The summed E-state index contributed by atoms with van der Waals surface area (Å²) in [4.78, 5) is 17.2. The Bertz CT molecular complexity index is 317. The molecule has 19 heavy (non-hydrogen) atoms. The average Bonchev–Trinajstić information content (AvgIpc) is 2.42. The van der Waals surface area contributed by atoms with Gasteiger partial charge < -0.3 is 10.6 Å². The van der Waals surface area contributed by atoms with E-state index in [0.717, 1.165) is 39.0 Å². The zero-order valence-electron chi connectivity index (χ0n) is 12.7. The Kier molecular flexibility index (Phi) is 4.51. The van der Waals surface area contributed by atoms with Gasteiger partial charge in [-0.1, -0.05) is 13.8 Å². The number of hydrogen-bond acceptors (Lipinski definition) is 3. The van der Waals surface area contributed by atoms with Crippen molar-refractivity contribution in [1.29, 1.82) is 0 Å². The molecular formula is C15H29N3O. The highest BCUT2D eigenvalue weighted by molar-refractivity contribution is 5.84. The standard InChI is InChI=1S/C15H29N3O/c1-4-13(3)17-5-7-18(8-6-17)14(19)15(11-16)9-12(2)10-15/h12-13H,4-11,16H2,1-3H3. The van der Waals surface area contributed by atoms with Gasteiger partial charge >= 0.3 is 0 Å². The van der Waals surface area contributed by atoms with Gasteiger partial charge in [0.25, 0.3) is 0 Å². The molecule has 0 aromatic carbocycles. The van der Waals surface area contributed by atoms with E-state index >= 15 is 0 Å². The van der Waals surface area contributed by atoms with Crippen LogP contribution >= 0.6 is 0 Å². The second-order valence-corrected chi connectivity index (χ2v) is 6.58. The minimum absolute atomic E-state index is 0.224. The van der Waals surface area contributed by atoms with Crippen LogP contribution in [-0.2, 0) is 4.79 Å². The van der Waals surface area contributed by atoms with Gasteiger partial charge in [0.1, 0.15) is 0 Å². The van der Waals surface area contributed by atoms with Gasteiger partial charge in [-0.2, -0.15) is 0 Å². The van der Waals surface area contributed by atoms with Crippen LogP contribution in [0.3, 0.4) is 0 Å². The fourth-order valence-electron chi connectivity index (χ4n) is 3.66. The predicted octanol–water partition coefficient (Wildman–Crippen LogP) is 1.30. The normalized spacial score (nSPS) is 33.9. The Morgan fingerprint density at radius 1 is 1.32 bits per heavy atom. The number of piperazine rings is 1. The van der Waals surface area contributed by atoms with Gasteiger partial charge in [0.2, 0.25) is 5.91 Å². The van der Waals surface area contributed by atoms with Crippen LogP contribution in [-0.4, -0.2) is 54.5 Å². The fraction of sp³-hybridized carbons (Fsp3) is 0.933. The van der Waals surface area contributed by atoms with Gasteiger partial charge in [-0.3, -0.25) is 9.69 Å². The lowest BCUT2D eigenvalue weighted by Crippen LogP contribution is -2.59. The van der Waals surface area contributed by atoms with Gasteiger partial charge in [-0.05, 0) is 32.1 Å². The van der Waals surface area contributed by atoms with Crippen molar-refractivity contribution >= 4 is 5.91 Å². The summed E-state index contributed by atoms with van der Waals surface area (Å²) in [6, 6.07) is 0.629. The van der Waals surface area contributed by atoms with Crippen LogP contribution in [0.5, 0.6) is 0 Å². The number of rotatable bonds is 4. The Morgan fingerprint density at radius 3 is 2.32 bits per heavy atom. The molecule has 1 amide bonds. The van der Waals surface area contributed by atoms with Crippen molar-refractivity contribution in [3.8, 4) is 0 Å². The second kappa shape index (κ2) is 5.80. The first-order valence-electron chi connectivity index (χ1n) is 7.76. The van der Waals surface area contributed by atoms with E-state index in [1.165, 1.54) is 6.42 Å². The summed E-state index contributed by atoms with van der Waals surface area (Å²) in [6.07, 6.45) is 3.14. The third-order valence-corrected chi connectivity index (χ3v) is 5.14. The lowest BCUT2D eigenvalue weighted by molar-refractivity contribution is -0.151. The second-order valence-electron chi connectivity index (χ2n) is 6.58. The summed E-state index contributed by atoms with van der Waals surface area (Å²) in [7, 11) is 0. The quantitative estimate of drug-likeness (QED) is 0.835. The maximum atomic E-state index is 12.7. The Labute approximate surface area is 117 Å². The van der Waals surface area contributed by atoms with Crippen molar-refractivity contribution in [3.05, 3.63) is 0 Å². The van der Waals surface area contributed by atoms with Crippen LogP contribution in [0.15, 0.2) is 0 Å². The van der Waals surface area contributed by atoms with Crippen molar-refractivity contribution in [2.75, 3.05) is 32.7 Å². The monoisotopic (exact) mass is 267 g/mol. The van der Waals surface area contributed by atoms with Gasteiger partial charge in [-0.25, -0.2) is 0 Å². The molecule has 1 unspecified atom stereocenters. The molecule has 0 spiro atoms. The summed E-state index contributed by atoms with van der Waals surface area (Å²) in [5, 5.41) is 0. The minimum Gasteiger partial charge on any atom is -0.340 e. The first-order valence-corrected chi connectivity index (χ1v) is 7.76. The van der Waals surface area contributed by atoms with E-state index < -0.39 is 0 Å². The largest absolute Gasteiger partial charge is 0.340 e. The molecule has 1 heterocycles. The van der Waals surface area contributed by atoms with E-state index in [9.17, 15) is 4.79 Å². The number of carbonyl (C=O) groups excluding carboxylic acids is 1. The van der Waals surface area contributed by atoms with Crippen molar-refractivity contribution in [1.82, 2.24) is 9.80 Å². The highest BCUT2D eigenvalue weighted by Crippen LogP contribution is 2.46. The highest BCUT2D eigenvalue weighted by atomic mass is 16.2. The molecule has 1 aliphatic carbocycles. The molecule has 4 nitrogen and oxygen atoms in total. The molecule has 2 aliphatic rings.